The number of hydrogen-bond acceptors (Lipinski definition) is 3. The standard InChI is InChI=1S/C18H24N2O/c1-14-10-11-18(21-4)16(12-14)17(19-2)13-20(3)15-8-6-5-7-9-15/h5-12,17,19H,13H2,1-4H3. The summed E-state index contributed by atoms with van der Waals surface area (Å²) in [7, 11) is 5.83. The molecule has 112 valence electrons. The van der Waals surface area contributed by atoms with Crippen LogP contribution >= 0.6 is 0 Å². The summed E-state index contributed by atoms with van der Waals surface area (Å²) in [5, 5.41) is 3.40. The molecular weight excluding hydrogens is 260 g/mol. The Morgan fingerprint density at radius 3 is 2.48 bits per heavy atom. The molecule has 1 N–H and O–H groups in total. The molecule has 0 fully saturated rings. The van der Waals surface area contributed by atoms with Gasteiger partial charge in [0.2, 0.25) is 0 Å². The van der Waals surface area contributed by atoms with Crippen LogP contribution < -0.4 is 15.0 Å². The Kier molecular flexibility index (Phi) is 5.23. The molecule has 3 heteroatoms. The molecule has 2 aromatic carbocycles. The van der Waals surface area contributed by atoms with Gasteiger partial charge in [0.25, 0.3) is 0 Å². The first-order valence-corrected chi connectivity index (χ1v) is 7.23. The summed E-state index contributed by atoms with van der Waals surface area (Å²) in [6.07, 6.45) is 0. The lowest BCUT2D eigenvalue weighted by molar-refractivity contribution is 0.401. The van der Waals surface area contributed by atoms with E-state index < -0.39 is 0 Å². The molecular formula is C18H24N2O. The van der Waals surface area contributed by atoms with Crippen LogP contribution in [0.1, 0.15) is 17.2 Å². The molecule has 0 aliphatic heterocycles. The molecule has 0 saturated carbocycles. The van der Waals surface area contributed by atoms with Crippen molar-refractivity contribution in [3.8, 4) is 5.75 Å². The van der Waals surface area contributed by atoms with Crippen molar-refractivity contribution in [1.29, 1.82) is 0 Å². The van der Waals surface area contributed by atoms with Gasteiger partial charge in [0.05, 0.1) is 13.2 Å². The van der Waals surface area contributed by atoms with Gasteiger partial charge < -0.3 is 15.0 Å². The second-order valence-corrected chi connectivity index (χ2v) is 5.30. The zero-order chi connectivity index (χ0) is 15.2. The second kappa shape index (κ2) is 7.14. The summed E-state index contributed by atoms with van der Waals surface area (Å²) in [6.45, 7) is 2.98. The molecule has 0 spiro atoms. The number of ether oxygens (including phenoxy) is 1. The molecule has 2 rings (SSSR count). The van der Waals surface area contributed by atoms with E-state index in [9.17, 15) is 0 Å². The minimum absolute atomic E-state index is 0.213. The van der Waals surface area contributed by atoms with Crippen LogP contribution in [0, 0.1) is 6.92 Å². The molecule has 3 nitrogen and oxygen atoms in total. The number of benzene rings is 2. The lowest BCUT2D eigenvalue weighted by Gasteiger charge is -2.27. The molecule has 1 unspecified atom stereocenters. The van der Waals surface area contributed by atoms with E-state index in [-0.39, 0.29) is 6.04 Å². The average molecular weight is 284 g/mol. The molecule has 0 heterocycles. The van der Waals surface area contributed by atoms with E-state index in [0.717, 1.165) is 12.3 Å². The topological polar surface area (TPSA) is 24.5 Å². The lowest BCUT2D eigenvalue weighted by Crippen LogP contribution is -2.31. The number of likely N-dealkylation sites (N-methyl/N-ethyl adjacent to an activating group) is 2. The van der Waals surface area contributed by atoms with Gasteiger partial charge in [-0.2, -0.15) is 0 Å². The monoisotopic (exact) mass is 284 g/mol. The first-order chi connectivity index (χ1) is 10.2. The molecule has 0 aliphatic carbocycles. The summed E-state index contributed by atoms with van der Waals surface area (Å²) in [4.78, 5) is 2.25. The van der Waals surface area contributed by atoms with Crippen molar-refractivity contribution in [1.82, 2.24) is 5.32 Å². The van der Waals surface area contributed by atoms with Gasteiger partial charge in [0.1, 0.15) is 5.75 Å². The lowest BCUT2D eigenvalue weighted by atomic mass is 10.0. The molecule has 0 bridgehead atoms. The molecule has 0 saturated heterocycles. The second-order valence-electron chi connectivity index (χ2n) is 5.30. The Labute approximate surface area is 127 Å². The van der Waals surface area contributed by atoms with Crippen LogP contribution in [0.15, 0.2) is 48.5 Å². The maximum absolute atomic E-state index is 5.51. The van der Waals surface area contributed by atoms with Crippen molar-refractivity contribution in [2.45, 2.75) is 13.0 Å². The highest BCUT2D eigenvalue weighted by Gasteiger charge is 2.17. The Bertz CT molecular complexity index is 569. The van der Waals surface area contributed by atoms with Crippen molar-refractivity contribution in [2.75, 3.05) is 32.6 Å². The third-order valence-corrected chi connectivity index (χ3v) is 3.76. The number of methoxy groups -OCH3 is 1. The number of anilines is 1. The Morgan fingerprint density at radius 1 is 1.14 bits per heavy atom. The van der Waals surface area contributed by atoms with E-state index in [2.05, 4.69) is 60.6 Å². The summed E-state index contributed by atoms with van der Waals surface area (Å²) in [5.74, 6) is 0.932. The van der Waals surface area contributed by atoms with E-state index in [1.807, 2.05) is 19.2 Å². The Hall–Kier alpha value is -2.00. The van der Waals surface area contributed by atoms with E-state index in [1.165, 1.54) is 16.8 Å². The number of hydrogen-bond donors (Lipinski definition) is 1. The number of nitrogens with one attached hydrogen (secondary N) is 1. The molecule has 0 aliphatic rings. The molecule has 2 aromatic rings. The zero-order valence-electron chi connectivity index (χ0n) is 13.3. The quantitative estimate of drug-likeness (QED) is 0.880. The first kappa shape index (κ1) is 15.4. The molecule has 0 radical (unpaired) electrons. The minimum Gasteiger partial charge on any atom is -0.496 e. The highest BCUT2D eigenvalue weighted by atomic mass is 16.5. The van der Waals surface area contributed by atoms with Crippen LogP contribution in [-0.2, 0) is 0 Å². The normalized spacial score (nSPS) is 12.0. The van der Waals surface area contributed by atoms with Gasteiger partial charge >= 0.3 is 0 Å². The van der Waals surface area contributed by atoms with Crippen molar-refractivity contribution in [2.24, 2.45) is 0 Å². The van der Waals surface area contributed by atoms with Gasteiger partial charge in [0.15, 0.2) is 0 Å². The summed E-state index contributed by atoms with van der Waals surface area (Å²) < 4.78 is 5.51. The highest BCUT2D eigenvalue weighted by molar-refractivity contribution is 5.47. The Morgan fingerprint density at radius 2 is 1.86 bits per heavy atom. The smallest absolute Gasteiger partial charge is 0.123 e. The first-order valence-electron chi connectivity index (χ1n) is 7.23. The van der Waals surface area contributed by atoms with Crippen LogP contribution in [-0.4, -0.2) is 27.7 Å². The zero-order valence-corrected chi connectivity index (χ0v) is 13.3. The number of nitrogens with zero attached hydrogens (tertiary/aromatic N) is 1. The van der Waals surface area contributed by atoms with Gasteiger partial charge in [-0.1, -0.05) is 35.9 Å². The van der Waals surface area contributed by atoms with Crippen molar-refractivity contribution < 1.29 is 4.74 Å². The van der Waals surface area contributed by atoms with Crippen LogP contribution in [0.4, 0.5) is 5.69 Å². The maximum atomic E-state index is 5.51. The minimum atomic E-state index is 0.213. The van der Waals surface area contributed by atoms with Crippen molar-refractivity contribution >= 4 is 5.69 Å². The summed E-state index contributed by atoms with van der Waals surface area (Å²) >= 11 is 0. The van der Waals surface area contributed by atoms with E-state index in [1.54, 1.807) is 7.11 Å². The number of aryl methyl sites for hydroxylation is 1. The Balaban J connectivity index is 2.22. The van der Waals surface area contributed by atoms with E-state index in [4.69, 9.17) is 4.74 Å². The molecule has 21 heavy (non-hydrogen) atoms. The van der Waals surface area contributed by atoms with Gasteiger partial charge in [-0.25, -0.2) is 0 Å². The highest BCUT2D eigenvalue weighted by Crippen LogP contribution is 2.27. The van der Waals surface area contributed by atoms with Crippen LogP contribution in [0.5, 0.6) is 5.75 Å². The fraction of sp³-hybridized carbons (Fsp3) is 0.333. The largest absolute Gasteiger partial charge is 0.496 e. The van der Waals surface area contributed by atoms with E-state index in [0.29, 0.717) is 0 Å². The van der Waals surface area contributed by atoms with Gasteiger partial charge in [0, 0.05) is 24.8 Å². The SMILES string of the molecule is CNC(CN(C)c1ccccc1)c1cc(C)ccc1OC. The summed E-state index contributed by atoms with van der Waals surface area (Å²) in [6, 6.07) is 16.9. The predicted octanol–water partition coefficient (Wildman–Crippen LogP) is 3.40. The van der Waals surface area contributed by atoms with Crippen LogP contribution in [0.3, 0.4) is 0 Å². The van der Waals surface area contributed by atoms with Gasteiger partial charge in [-0.3, -0.25) is 0 Å². The maximum Gasteiger partial charge on any atom is 0.123 e. The molecule has 0 aromatic heterocycles. The van der Waals surface area contributed by atoms with Crippen molar-refractivity contribution in [3.63, 3.8) is 0 Å². The van der Waals surface area contributed by atoms with Crippen molar-refractivity contribution in [3.05, 3.63) is 59.7 Å². The third kappa shape index (κ3) is 3.76. The van der Waals surface area contributed by atoms with Crippen LogP contribution in [0.2, 0.25) is 0 Å². The number of rotatable bonds is 6. The van der Waals surface area contributed by atoms with Crippen LogP contribution in [0.25, 0.3) is 0 Å². The molecule has 1 atom stereocenters. The number of para-hydroxylation sites is 1. The third-order valence-electron chi connectivity index (χ3n) is 3.76. The van der Waals surface area contributed by atoms with Gasteiger partial charge in [-0.05, 0) is 32.2 Å². The fourth-order valence-electron chi connectivity index (χ4n) is 2.53. The average Bonchev–Trinajstić information content (AvgIpc) is 2.53. The summed E-state index contributed by atoms with van der Waals surface area (Å²) in [5.41, 5.74) is 3.65. The molecule has 0 amide bonds. The fourth-order valence-corrected chi connectivity index (χ4v) is 2.53. The predicted molar refractivity (Wildman–Crippen MR) is 89.2 cm³/mol. The van der Waals surface area contributed by atoms with E-state index >= 15 is 0 Å². The van der Waals surface area contributed by atoms with Gasteiger partial charge in [-0.15, -0.1) is 0 Å².